The van der Waals surface area contributed by atoms with Gasteiger partial charge in [0.2, 0.25) is 10.0 Å². The van der Waals surface area contributed by atoms with Gasteiger partial charge in [0.1, 0.15) is 0 Å². The molecule has 0 aromatic heterocycles. The van der Waals surface area contributed by atoms with Crippen molar-refractivity contribution in [3.63, 3.8) is 0 Å². The maximum Gasteiger partial charge on any atom is 0.253 e. The highest BCUT2D eigenvalue weighted by atomic mass is 79.9. The summed E-state index contributed by atoms with van der Waals surface area (Å²) in [7, 11) is -0.876. The zero-order valence-corrected chi connectivity index (χ0v) is 24.7. The molecule has 10 heteroatoms. The van der Waals surface area contributed by atoms with E-state index in [9.17, 15) is 18.0 Å². The molecule has 3 aromatic rings. The van der Waals surface area contributed by atoms with E-state index in [0.29, 0.717) is 5.56 Å². The van der Waals surface area contributed by atoms with Crippen molar-refractivity contribution in [1.29, 1.82) is 0 Å². The van der Waals surface area contributed by atoms with Gasteiger partial charge >= 0.3 is 0 Å². The van der Waals surface area contributed by atoms with Gasteiger partial charge in [-0.25, -0.2) is 12.7 Å². The molecule has 0 aliphatic heterocycles. The number of benzene rings is 3. The van der Waals surface area contributed by atoms with E-state index in [1.807, 2.05) is 6.07 Å². The maximum absolute atomic E-state index is 13.1. The Hall–Kier alpha value is -2.72. The number of carbonyl (C=O) groups excluding carboxylic acids is 2. The van der Waals surface area contributed by atoms with Gasteiger partial charge in [-0.3, -0.25) is 9.59 Å². The average molecular weight is 619 g/mol. The minimum absolute atomic E-state index is 0.0203. The molecule has 0 bridgehead atoms. The predicted octanol–water partition coefficient (Wildman–Crippen LogP) is 5.34. The lowest BCUT2D eigenvalue weighted by Crippen LogP contribution is -2.35. The number of hydrogen-bond donors (Lipinski definition) is 2. The molecule has 2 N–H and O–H groups in total. The van der Waals surface area contributed by atoms with Gasteiger partial charge in [-0.2, -0.15) is 0 Å². The smallest absolute Gasteiger partial charge is 0.253 e. The number of hydrogen-bond acceptors (Lipinski definition) is 4. The number of sulfonamides is 1. The number of fused-ring (bicyclic) bond motifs is 1. The van der Waals surface area contributed by atoms with Gasteiger partial charge in [0.05, 0.1) is 21.5 Å². The van der Waals surface area contributed by atoms with Crippen LogP contribution in [-0.4, -0.2) is 38.6 Å². The Morgan fingerprint density at radius 3 is 2.37 bits per heavy atom. The number of halogens is 2. The Balaban J connectivity index is 1.42. The number of nitrogens with zero attached hydrogens (tertiary/aromatic N) is 1. The summed E-state index contributed by atoms with van der Waals surface area (Å²) in [6.07, 6.45) is 0.874. The largest absolute Gasteiger partial charge is 0.348 e. The third-order valence-corrected chi connectivity index (χ3v) is 9.38. The van der Waals surface area contributed by atoms with Gasteiger partial charge in [0.15, 0.2) is 0 Å². The Morgan fingerprint density at radius 1 is 1.03 bits per heavy atom. The molecule has 38 heavy (non-hydrogen) atoms. The molecule has 3 aromatic carbocycles. The highest BCUT2D eigenvalue weighted by molar-refractivity contribution is 9.10. The first-order valence-corrected chi connectivity index (χ1v) is 14.6. The van der Waals surface area contributed by atoms with Crippen molar-refractivity contribution in [3.8, 4) is 0 Å². The summed E-state index contributed by atoms with van der Waals surface area (Å²) in [5.41, 5.74) is 3.60. The monoisotopic (exact) mass is 617 g/mol. The molecule has 0 heterocycles. The van der Waals surface area contributed by atoms with Gasteiger partial charge < -0.3 is 10.6 Å². The summed E-state index contributed by atoms with van der Waals surface area (Å²) in [4.78, 5) is 25.8. The molecule has 0 radical (unpaired) electrons. The van der Waals surface area contributed by atoms with E-state index in [1.54, 1.807) is 24.3 Å². The molecule has 4 rings (SSSR count). The quantitative estimate of drug-likeness (QED) is 0.374. The molecule has 7 nitrogen and oxygen atoms in total. The first-order chi connectivity index (χ1) is 17.8. The summed E-state index contributed by atoms with van der Waals surface area (Å²) in [6, 6.07) is 17.1. The van der Waals surface area contributed by atoms with Crippen molar-refractivity contribution in [2.75, 3.05) is 14.1 Å². The summed E-state index contributed by atoms with van der Waals surface area (Å²) < 4.78 is 26.9. The van der Waals surface area contributed by atoms with Crippen LogP contribution in [0.1, 0.15) is 57.3 Å². The van der Waals surface area contributed by atoms with Crippen LogP contribution >= 0.6 is 27.5 Å². The normalized spacial score (nSPS) is 16.2. The number of amides is 2. The zero-order chi connectivity index (χ0) is 27.8. The molecular weight excluding hydrogens is 590 g/mol. The van der Waals surface area contributed by atoms with Crippen molar-refractivity contribution in [3.05, 3.63) is 98.0 Å². The molecule has 1 unspecified atom stereocenters. The van der Waals surface area contributed by atoms with Crippen LogP contribution in [0.5, 0.6) is 0 Å². The van der Waals surface area contributed by atoms with Crippen LogP contribution in [0.2, 0.25) is 5.02 Å². The summed E-state index contributed by atoms with van der Waals surface area (Å²) in [5.74, 6) is -0.665. The first kappa shape index (κ1) is 28.3. The lowest BCUT2D eigenvalue weighted by atomic mass is 9.85. The molecule has 1 aliphatic carbocycles. The first-order valence-electron chi connectivity index (χ1n) is 12.0. The van der Waals surface area contributed by atoms with Crippen LogP contribution in [0, 0.1) is 5.41 Å². The van der Waals surface area contributed by atoms with E-state index in [2.05, 4.69) is 52.5 Å². The van der Waals surface area contributed by atoms with Crippen LogP contribution < -0.4 is 10.6 Å². The average Bonchev–Trinajstić information content (AvgIpc) is 3.11. The minimum Gasteiger partial charge on any atom is -0.348 e. The second-order valence-electron chi connectivity index (χ2n) is 10.2. The molecule has 200 valence electrons. The van der Waals surface area contributed by atoms with Gasteiger partial charge in [-0.15, -0.1) is 0 Å². The van der Waals surface area contributed by atoms with Crippen LogP contribution in [0.3, 0.4) is 0 Å². The van der Waals surface area contributed by atoms with Gasteiger partial charge in [-0.05, 0) is 71.0 Å². The fraction of sp³-hybridized carbons (Fsp3) is 0.286. The lowest BCUT2D eigenvalue weighted by Gasteiger charge is -2.28. The summed E-state index contributed by atoms with van der Waals surface area (Å²) >= 11 is 9.70. The summed E-state index contributed by atoms with van der Waals surface area (Å²) in [5, 5.41) is 6.10. The van der Waals surface area contributed by atoms with Crippen molar-refractivity contribution in [1.82, 2.24) is 14.9 Å². The second kappa shape index (κ2) is 10.8. The van der Waals surface area contributed by atoms with E-state index in [1.165, 1.54) is 37.9 Å². The number of carbonyl (C=O) groups is 2. The molecule has 1 aliphatic rings. The Morgan fingerprint density at radius 2 is 1.71 bits per heavy atom. The molecule has 1 atom stereocenters. The maximum atomic E-state index is 13.1. The SMILES string of the molecule is CN(C)S(=O)(=O)c1ccc(Cl)c(C(=O)NCc2ccc(C(=O)NC3c4ccc(Br)cc4CC3(C)C)cc2)c1. The third kappa shape index (κ3) is 5.81. The van der Waals surface area contributed by atoms with Crippen molar-refractivity contribution >= 4 is 49.4 Å². The zero-order valence-electron chi connectivity index (χ0n) is 21.5. The fourth-order valence-electron chi connectivity index (χ4n) is 4.61. The molecule has 0 fully saturated rings. The van der Waals surface area contributed by atoms with Crippen molar-refractivity contribution < 1.29 is 18.0 Å². The van der Waals surface area contributed by atoms with Gasteiger partial charge in [0.25, 0.3) is 11.8 Å². The second-order valence-corrected chi connectivity index (χ2v) is 13.7. The topological polar surface area (TPSA) is 95.6 Å². The van der Waals surface area contributed by atoms with E-state index < -0.39 is 15.9 Å². The molecule has 2 amide bonds. The van der Waals surface area contributed by atoms with Crippen molar-refractivity contribution in [2.45, 2.75) is 37.8 Å². The van der Waals surface area contributed by atoms with Crippen LogP contribution in [-0.2, 0) is 23.0 Å². The van der Waals surface area contributed by atoms with E-state index in [4.69, 9.17) is 11.6 Å². The standard InChI is InChI=1S/C28H29BrClN3O4S/c1-28(2)15-19-13-20(29)9-11-22(19)25(28)32-26(34)18-7-5-17(6-8-18)16-31-27(35)23-14-21(10-12-24(23)30)38(36,37)33(3)4/h5-14,25H,15-16H2,1-4H3,(H,31,35)(H,32,34). The predicted molar refractivity (Wildman–Crippen MR) is 152 cm³/mol. The molecule has 0 saturated carbocycles. The molecular formula is C28H29BrClN3O4S. The van der Waals surface area contributed by atoms with Crippen LogP contribution in [0.15, 0.2) is 70.0 Å². The molecule has 0 spiro atoms. The van der Waals surface area contributed by atoms with Gasteiger partial charge in [0, 0.05) is 30.7 Å². The van der Waals surface area contributed by atoms with E-state index in [0.717, 1.165) is 26.3 Å². The minimum atomic E-state index is -3.71. The molecule has 0 saturated heterocycles. The van der Waals surface area contributed by atoms with Gasteiger partial charge in [-0.1, -0.05) is 59.6 Å². The highest BCUT2D eigenvalue weighted by Crippen LogP contribution is 2.45. The Labute approximate surface area is 236 Å². The fourth-order valence-corrected chi connectivity index (χ4v) is 6.15. The number of rotatable bonds is 7. The van der Waals surface area contributed by atoms with E-state index >= 15 is 0 Å². The van der Waals surface area contributed by atoms with E-state index in [-0.39, 0.29) is 39.4 Å². The summed E-state index contributed by atoms with van der Waals surface area (Å²) in [6.45, 7) is 4.48. The lowest BCUT2D eigenvalue weighted by molar-refractivity contribution is 0.0902. The Bertz CT molecular complexity index is 1500. The Kier molecular flexibility index (Phi) is 8.04. The van der Waals surface area contributed by atoms with Crippen LogP contribution in [0.25, 0.3) is 0 Å². The third-order valence-electron chi connectivity index (χ3n) is 6.75. The van der Waals surface area contributed by atoms with Crippen molar-refractivity contribution in [2.24, 2.45) is 5.41 Å². The highest BCUT2D eigenvalue weighted by Gasteiger charge is 2.40. The van der Waals surface area contributed by atoms with Crippen LogP contribution in [0.4, 0.5) is 0 Å². The number of nitrogens with one attached hydrogen (secondary N) is 2.